The van der Waals surface area contributed by atoms with Crippen LogP contribution in [0.5, 0.6) is 0 Å². The molecule has 0 bridgehead atoms. The molecule has 0 saturated carbocycles. The Morgan fingerprint density at radius 3 is 2.42 bits per heavy atom. The van der Waals surface area contributed by atoms with Gasteiger partial charge in [-0.2, -0.15) is 0 Å². The van der Waals surface area contributed by atoms with E-state index in [1.165, 1.54) is 17.7 Å². The standard InChI is InChI=1S/C22H21FN2O/c1-2-16-6-9-19(10-7-16)21-11-8-18(14-24-21)13-22(26)25-15-17-4-3-5-20(23)12-17/h3-12,14H,2,13,15H2,1H3,(H,25,26). The smallest absolute Gasteiger partial charge is 0.224 e. The Morgan fingerprint density at radius 2 is 1.77 bits per heavy atom. The highest BCUT2D eigenvalue weighted by Crippen LogP contribution is 2.18. The minimum Gasteiger partial charge on any atom is -0.352 e. The molecule has 26 heavy (non-hydrogen) atoms. The van der Waals surface area contributed by atoms with Crippen LogP contribution in [-0.4, -0.2) is 10.9 Å². The summed E-state index contributed by atoms with van der Waals surface area (Å²) < 4.78 is 13.1. The fourth-order valence-electron chi connectivity index (χ4n) is 2.71. The number of rotatable bonds is 6. The second-order valence-corrected chi connectivity index (χ2v) is 6.19. The number of nitrogens with zero attached hydrogens (tertiary/aromatic N) is 1. The monoisotopic (exact) mass is 348 g/mol. The van der Waals surface area contributed by atoms with Crippen LogP contribution < -0.4 is 5.32 Å². The summed E-state index contributed by atoms with van der Waals surface area (Å²) in [6.45, 7) is 2.44. The molecule has 0 atom stereocenters. The number of amides is 1. The number of pyridine rings is 1. The van der Waals surface area contributed by atoms with Crippen LogP contribution in [0.4, 0.5) is 4.39 Å². The minimum atomic E-state index is -0.302. The van der Waals surface area contributed by atoms with E-state index in [9.17, 15) is 9.18 Å². The summed E-state index contributed by atoms with van der Waals surface area (Å²) in [4.78, 5) is 16.5. The third-order valence-corrected chi connectivity index (χ3v) is 4.23. The van der Waals surface area contributed by atoms with E-state index in [0.717, 1.165) is 28.8 Å². The first-order valence-electron chi connectivity index (χ1n) is 8.69. The summed E-state index contributed by atoms with van der Waals surface area (Å²) in [6, 6.07) is 18.4. The van der Waals surface area contributed by atoms with Crippen molar-refractivity contribution < 1.29 is 9.18 Å². The lowest BCUT2D eigenvalue weighted by Gasteiger charge is -2.07. The van der Waals surface area contributed by atoms with Gasteiger partial charge in [-0.3, -0.25) is 9.78 Å². The van der Waals surface area contributed by atoms with Gasteiger partial charge >= 0.3 is 0 Å². The number of carbonyl (C=O) groups is 1. The third kappa shape index (κ3) is 4.76. The van der Waals surface area contributed by atoms with Crippen molar-refractivity contribution in [3.8, 4) is 11.3 Å². The number of hydrogen-bond donors (Lipinski definition) is 1. The molecule has 1 aromatic heterocycles. The summed E-state index contributed by atoms with van der Waals surface area (Å²) in [5.41, 5.74) is 4.82. The van der Waals surface area contributed by atoms with Crippen molar-refractivity contribution in [1.29, 1.82) is 0 Å². The van der Waals surface area contributed by atoms with Gasteiger partial charge in [0.2, 0.25) is 5.91 Å². The number of aryl methyl sites for hydroxylation is 1. The number of hydrogen-bond acceptors (Lipinski definition) is 2. The van der Waals surface area contributed by atoms with Gasteiger partial charge in [0.15, 0.2) is 0 Å². The predicted molar refractivity (Wildman–Crippen MR) is 101 cm³/mol. The molecule has 4 heteroatoms. The number of aromatic nitrogens is 1. The molecule has 0 aliphatic carbocycles. The van der Waals surface area contributed by atoms with E-state index in [-0.39, 0.29) is 18.1 Å². The lowest BCUT2D eigenvalue weighted by atomic mass is 10.1. The van der Waals surface area contributed by atoms with E-state index in [2.05, 4.69) is 41.5 Å². The first-order valence-corrected chi connectivity index (χ1v) is 8.69. The van der Waals surface area contributed by atoms with Crippen LogP contribution in [-0.2, 0) is 24.2 Å². The van der Waals surface area contributed by atoms with E-state index < -0.39 is 0 Å². The zero-order valence-electron chi connectivity index (χ0n) is 14.7. The van der Waals surface area contributed by atoms with Gasteiger partial charge in [0.25, 0.3) is 0 Å². The SMILES string of the molecule is CCc1ccc(-c2ccc(CC(=O)NCc3cccc(F)c3)cn2)cc1. The van der Waals surface area contributed by atoms with Gasteiger partial charge in [0.1, 0.15) is 5.82 Å². The highest BCUT2D eigenvalue weighted by Gasteiger charge is 2.06. The second-order valence-electron chi connectivity index (χ2n) is 6.19. The van der Waals surface area contributed by atoms with E-state index in [1.54, 1.807) is 18.3 Å². The number of halogens is 1. The molecule has 1 amide bonds. The fraction of sp³-hybridized carbons (Fsp3) is 0.182. The minimum absolute atomic E-state index is 0.115. The molecule has 1 heterocycles. The Labute approximate surface area is 152 Å². The van der Waals surface area contributed by atoms with E-state index in [4.69, 9.17) is 0 Å². The summed E-state index contributed by atoms with van der Waals surface area (Å²) in [5, 5.41) is 2.80. The van der Waals surface area contributed by atoms with Crippen molar-refractivity contribution in [2.75, 3.05) is 0 Å². The van der Waals surface area contributed by atoms with Gasteiger partial charge in [-0.05, 0) is 41.3 Å². The highest BCUT2D eigenvalue weighted by atomic mass is 19.1. The Balaban J connectivity index is 1.57. The highest BCUT2D eigenvalue weighted by molar-refractivity contribution is 5.78. The maximum Gasteiger partial charge on any atom is 0.224 e. The summed E-state index contributed by atoms with van der Waals surface area (Å²) in [7, 11) is 0. The maximum absolute atomic E-state index is 13.1. The van der Waals surface area contributed by atoms with Crippen LogP contribution in [0.2, 0.25) is 0 Å². The van der Waals surface area contributed by atoms with Gasteiger partial charge in [0, 0.05) is 18.3 Å². The molecule has 0 aliphatic heterocycles. The molecule has 1 N–H and O–H groups in total. The van der Waals surface area contributed by atoms with Crippen LogP contribution in [0, 0.1) is 5.82 Å². The second kappa shape index (κ2) is 8.39. The molecule has 2 aromatic carbocycles. The molecule has 0 fully saturated rings. The molecule has 0 aliphatic rings. The fourth-order valence-corrected chi connectivity index (χ4v) is 2.71. The molecular weight excluding hydrogens is 327 g/mol. The van der Waals surface area contributed by atoms with Crippen LogP contribution in [0.3, 0.4) is 0 Å². The van der Waals surface area contributed by atoms with Gasteiger partial charge in [0.05, 0.1) is 12.1 Å². The van der Waals surface area contributed by atoms with Crippen molar-refractivity contribution in [3.05, 3.63) is 89.4 Å². The van der Waals surface area contributed by atoms with Crippen LogP contribution in [0.1, 0.15) is 23.6 Å². The number of nitrogens with one attached hydrogen (secondary N) is 1. The Kier molecular flexibility index (Phi) is 5.74. The zero-order chi connectivity index (χ0) is 18.4. The van der Waals surface area contributed by atoms with Crippen LogP contribution >= 0.6 is 0 Å². The molecule has 0 unspecified atom stereocenters. The van der Waals surface area contributed by atoms with Crippen molar-refractivity contribution in [1.82, 2.24) is 10.3 Å². The van der Waals surface area contributed by atoms with Crippen molar-refractivity contribution in [2.45, 2.75) is 26.3 Å². The molecule has 0 spiro atoms. The van der Waals surface area contributed by atoms with Gasteiger partial charge in [-0.15, -0.1) is 0 Å². The molecule has 0 radical (unpaired) electrons. The van der Waals surface area contributed by atoms with Gasteiger partial charge in [-0.25, -0.2) is 4.39 Å². The molecular formula is C22H21FN2O. The first kappa shape index (κ1) is 17.8. The lowest BCUT2D eigenvalue weighted by Crippen LogP contribution is -2.24. The van der Waals surface area contributed by atoms with Crippen molar-refractivity contribution in [3.63, 3.8) is 0 Å². The summed E-state index contributed by atoms with van der Waals surface area (Å²) in [6.07, 6.45) is 2.99. The topological polar surface area (TPSA) is 42.0 Å². The van der Waals surface area contributed by atoms with Crippen molar-refractivity contribution >= 4 is 5.91 Å². The Hall–Kier alpha value is -3.01. The van der Waals surface area contributed by atoms with E-state index in [0.29, 0.717) is 6.54 Å². The van der Waals surface area contributed by atoms with Crippen LogP contribution in [0.15, 0.2) is 66.9 Å². The quantitative estimate of drug-likeness (QED) is 0.721. The first-order chi connectivity index (χ1) is 12.6. The van der Waals surface area contributed by atoms with Gasteiger partial charge in [-0.1, -0.05) is 49.4 Å². The average molecular weight is 348 g/mol. The lowest BCUT2D eigenvalue weighted by molar-refractivity contribution is -0.120. The van der Waals surface area contributed by atoms with Crippen molar-refractivity contribution in [2.24, 2.45) is 0 Å². The maximum atomic E-state index is 13.1. The number of benzene rings is 2. The Morgan fingerprint density at radius 1 is 1.00 bits per heavy atom. The third-order valence-electron chi connectivity index (χ3n) is 4.23. The average Bonchev–Trinajstić information content (AvgIpc) is 2.67. The normalized spacial score (nSPS) is 10.5. The summed E-state index contributed by atoms with van der Waals surface area (Å²) >= 11 is 0. The Bertz CT molecular complexity index is 873. The molecule has 0 saturated heterocycles. The molecule has 3 nitrogen and oxygen atoms in total. The van der Waals surface area contributed by atoms with Crippen LogP contribution in [0.25, 0.3) is 11.3 Å². The number of carbonyl (C=O) groups excluding carboxylic acids is 1. The molecule has 3 aromatic rings. The summed E-state index contributed by atoms with van der Waals surface area (Å²) in [5.74, 6) is -0.417. The van der Waals surface area contributed by atoms with E-state index >= 15 is 0 Å². The zero-order valence-corrected chi connectivity index (χ0v) is 14.7. The molecule has 3 rings (SSSR count). The van der Waals surface area contributed by atoms with E-state index in [1.807, 2.05) is 12.1 Å². The predicted octanol–water partition coefficient (Wildman–Crippen LogP) is 4.31. The molecule has 132 valence electrons. The largest absolute Gasteiger partial charge is 0.352 e. The van der Waals surface area contributed by atoms with Gasteiger partial charge < -0.3 is 5.32 Å².